The lowest BCUT2D eigenvalue weighted by atomic mass is 10.2. The van der Waals surface area contributed by atoms with Crippen molar-refractivity contribution in [2.45, 2.75) is 6.18 Å². The number of aromatic nitrogens is 2. The maximum Gasteiger partial charge on any atom is 0.433 e. The van der Waals surface area contributed by atoms with Crippen LogP contribution in [0.3, 0.4) is 0 Å². The first-order valence-corrected chi connectivity index (χ1v) is 9.37. The number of fused-ring (bicyclic) bond motifs is 1. The smallest absolute Gasteiger partial charge is 0.378 e. The lowest BCUT2D eigenvalue weighted by Crippen LogP contribution is -2.37. The summed E-state index contributed by atoms with van der Waals surface area (Å²) in [6.45, 7) is 1.67. The SMILES string of the molecule is O=C(/C=C/c1ccc(C(F)(F)F)nc1N1CCOCC1)Nc1ccc2[nH]ccc2c1. The van der Waals surface area contributed by atoms with Crippen molar-refractivity contribution in [1.82, 2.24) is 9.97 Å². The lowest BCUT2D eigenvalue weighted by molar-refractivity contribution is -0.141. The van der Waals surface area contributed by atoms with E-state index in [0.717, 1.165) is 17.0 Å². The molecule has 0 saturated carbocycles. The predicted octanol–water partition coefficient (Wildman–Crippen LogP) is 4.07. The molecular weight excluding hydrogens is 397 g/mol. The molecule has 1 fully saturated rings. The van der Waals surface area contributed by atoms with Gasteiger partial charge in [-0.25, -0.2) is 4.98 Å². The van der Waals surface area contributed by atoms with Crippen LogP contribution in [-0.2, 0) is 15.7 Å². The van der Waals surface area contributed by atoms with Gasteiger partial charge in [-0.1, -0.05) is 0 Å². The number of ether oxygens (including phenoxy) is 1. The van der Waals surface area contributed by atoms with Crippen LogP contribution in [0.2, 0.25) is 0 Å². The zero-order valence-electron chi connectivity index (χ0n) is 15.9. The first-order valence-electron chi connectivity index (χ1n) is 9.37. The van der Waals surface area contributed by atoms with E-state index in [9.17, 15) is 18.0 Å². The van der Waals surface area contributed by atoms with E-state index in [0.29, 0.717) is 37.6 Å². The Morgan fingerprint density at radius 2 is 1.97 bits per heavy atom. The summed E-state index contributed by atoms with van der Waals surface area (Å²) >= 11 is 0. The summed E-state index contributed by atoms with van der Waals surface area (Å²) < 4.78 is 44.6. The number of pyridine rings is 1. The monoisotopic (exact) mass is 416 g/mol. The average molecular weight is 416 g/mol. The number of benzene rings is 1. The number of H-pyrrole nitrogens is 1. The van der Waals surface area contributed by atoms with Crippen LogP contribution in [0.4, 0.5) is 24.7 Å². The quantitative estimate of drug-likeness (QED) is 0.629. The van der Waals surface area contributed by atoms with Gasteiger partial charge in [0.15, 0.2) is 0 Å². The second-order valence-corrected chi connectivity index (χ2v) is 6.81. The Morgan fingerprint density at radius 3 is 2.73 bits per heavy atom. The van der Waals surface area contributed by atoms with Crippen LogP contribution in [0, 0.1) is 0 Å². The van der Waals surface area contributed by atoms with E-state index in [1.54, 1.807) is 17.2 Å². The Labute approximate surface area is 170 Å². The Morgan fingerprint density at radius 1 is 1.17 bits per heavy atom. The molecule has 3 aromatic rings. The number of aromatic amines is 1. The molecule has 30 heavy (non-hydrogen) atoms. The highest BCUT2D eigenvalue weighted by Gasteiger charge is 2.33. The number of carbonyl (C=O) groups excluding carboxylic acids is 1. The number of hydrogen-bond acceptors (Lipinski definition) is 4. The van der Waals surface area contributed by atoms with Crippen molar-refractivity contribution < 1.29 is 22.7 Å². The van der Waals surface area contributed by atoms with Crippen molar-refractivity contribution in [2.75, 3.05) is 36.5 Å². The summed E-state index contributed by atoms with van der Waals surface area (Å²) in [5.41, 5.74) is 1.04. The van der Waals surface area contributed by atoms with E-state index in [1.165, 1.54) is 18.2 Å². The van der Waals surface area contributed by atoms with Gasteiger partial charge in [-0.15, -0.1) is 0 Å². The van der Waals surface area contributed by atoms with Gasteiger partial charge in [-0.2, -0.15) is 13.2 Å². The van der Waals surface area contributed by atoms with Gasteiger partial charge >= 0.3 is 6.18 Å². The van der Waals surface area contributed by atoms with Crippen molar-refractivity contribution in [2.24, 2.45) is 0 Å². The first kappa shape index (κ1) is 20.0. The third-order valence-corrected chi connectivity index (χ3v) is 4.74. The number of halogens is 3. The van der Waals surface area contributed by atoms with E-state index in [1.807, 2.05) is 18.2 Å². The van der Waals surface area contributed by atoms with E-state index in [-0.39, 0.29) is 5.82 Å². The van der Waals surface area contributed by atoms with E-state index in [4.69, 9.17) is 4.74 Å². The number of carbonyl (C=O) groups is 1. The van der Waals surface area contributed by atoms with E-state index >= 15 is 0 Å². The molecule has 0 bridgehead atoms. The van der Waals surface area contributed by atoms with Crippen molar-refractivity contribution in [3.63, 3.8) is 0 Å². The van der Waals surface area contributed by atoms with Gasteiger partial charge in [0, 0.05) is 47.5 Å². The van der Waals surface area contributed by atoms with Crippen LogP contribution in [-0.4, -0.2) is 42.2 Å². The normalized spacial score (nSPS) is 15.1. The fourth-order valence-corrected chi connectivity index (χ4v) is 3.26. The minimum absolute atomic E-state index is 0.186. The summed E-state index contributed by atoms with van der Waals surface area (Å²) in [4.78, 5) is 21.0. The second-order valence-electron chi connectivity index (χ2n) is 6.81. The van der Waals surface area contributed by atoms with Crippen LogP contribution in [0.1, 0.15) is 11.3 Å². The molecule has 3 heterocycles. The summed E-state index contributed by atoms with van der Waals surface area (Å²) in [7, 11) is 0. The van der Waals surface area contributed by atoms with Gasteiger partial charge in [0.05, 0.1) is 13.2 Å². The van der Waals surface area contributed by atoms with Gasteiger partial charge < -0.3 is 19.9 Å². The van der Waals surface area contributed by atoms with Gasteiger partial charge in [0.1, 0.15) is 11.5 Å². The molecule has 0 aliphatic carbocycles. The van der Waals surface area contributed by atoms with Crippen molar-refractivity contribution in [1.29, 1.82) is 0 Å². The Balaban J connectivity index is 1.55. The molecule has 0 atom stereocenters. The number of nitrogens with zero attached hydrogens (tertiary/aromatic N) is 2. The number of nitrogens with one attached hydrogen (secondary N) is 2. The highest BCUT2D eigenvalue weighted by atomic mass is 19.4. The topological polar surface area (TPSA) is 70.2 Å². The summed E-state index contributed by atoms with van der Waals surface area (Å²) in [6.07, 6.45) is 0.0239. The highest BCUT2D eigenvalue weighted by Crippen LogP contribution is 2.31. The molecule has 0 spiro atoms. The zero-order chi connectivity index (χ0) is 21.1. The van der Waals surface area contributed by atoms with Gasteiger partial charge in [0.25, 0.3) is 0 Å². The molecule has 0 radical (unpaired) electrons. The van der Waals surface area contributed by atoms with Crippen LogP contribution in [0.25, 0.3) is 17.0 Å². The molecule has 6 nitrogen and oxygen atoms in total. The van der Waals surface area contributed by atoms with Crippen molar-refractivity contribution >= 4 is 34.4 Å². The fourth-order valence-electron chi connectivity index (χ4n) is 3.26. The molecule has 1 saturated heterocycles. The number of alkyl halides is 3. The van der Waals surface area contributed by atoms with Crippen LogP contribution >= 0.6 is 0 Å². The molecule has 4 rings (SSSR count). The molecule has 156 valence electrons. The second kappa shape index (κ2) is 8.19. The van der Waals surface area contributed by atoms with Gasteiger partial charge in [-0.3, -0.25) is 4.79 Å². The molecule has 2 N–H and O–H groups in total. The number of hydrogen-bond donors (Lipinski definition) is 2. The minimum Gasteiger partial charge on any atom is -0.378 e. The largest absolute Gasteiger partial charge is 0.433 e. The number of morpholine rings is 1. The Hall–Kier alpha value is -3.33. The van der Waals surface area contributed by atoms with Crippen molar-refractivity contribution in [3.8, 4) is 0 Å². The Kier molecular flexibility index (Phi) is 5.45. The van der Waals surface area contributed by atoms with Crippen LogP contribution in [0.5, 0.6) is 0 Å². The maximum absolute atomic E-state index is 13.1. The molecule has 0 unspecified atom stereocenters. The van der Waals surface area contributed by atoms with E-state index in [2.05, 4.69) is 15.3 Å². The summed E-state index contributed by atoms with van der Waals surface area (Å²) in [5.74, 6) is -0.205. The highest BCUT2D eigenvalue weighted by molar-refractivity contribution is 6.03. The van der Waals surface area contributed by atoms with Gasteiger partial charge in [0.2, 0.25) is 5.91 Å². The number of rotatable bonds is 4. The molecular formula is C21H19F3N4O2. The average Bonchev–Trinajstić information content (AvgIpc) is 3.20. The summed E-state index contributed by atoms with van der Waals surface area (Å²) in [5, 5.41) is 3.71. The molecule has 1 aliphatic heterocycles. The van der Waals surface area contributed by atoms with Crippen LogP contribution < -0.4 is 10.2 Å². The number of amides is 1. The molecule has 1 aromatic carbocycles. The van der Waals surface area contributed by atoms with E-state index < -0.39 is 17.8 Å². The maximum atomic E-state index is 13.1. The summed E-state index contributed by atoms with van der Waals surface area (Å²) in [6, 6.07) is 9.59. The minimum atomic E-state index is -4.54. The van der Waals surface area contributed by atoms with Crippen molar-refractivity contribution in [3.05, 3.63) is 59.9 Å². The molecule has 9 heteroatoms. The first-order chi connectivity index (χ1) is 14.4. The molecule has 2 aromatic heterocycles. The molecule has 1 amide bonds. The zero-order valence-corrected chi connectivity index (χ0v) is 15.9. The standard InChI is InChI=1S/C21H19F3N4O2/c22-21(23,24)18-5-1-14(20(27-18)28-9-11-30-12-10-28)2-6-19(29)26-16-3-4-17-15(13-16)7-8-25-17/h1-8,13,25H,9-12H2,(H,26,29)/b6-2+. The predicted molar refractivity (Wildman–Crippen MR) is 108 cm³/mol. The fraction of sp³-hybridized carbons (Fsp3) is 0.238. The third-order valence-electron chi connectivity index (χ3n) is 4.74. The Bertz CT molecular complexity index is 1090. The van der Waals surface area contributed by atoms with Gasteiger partial charge in [-0.05, 0) is 42.5 Å². The third kappa shape index (κ3) is 4.46. The molecule has 1 aliphatic rings. The lowest BCUT2D eigenvalue weighted by Gasteiger charge is -2.29. The number of anilines is 2. The van der Waals surface area contributed by atoms with Crippen LogP contribution in [0.15, 0.2) is 48.7 Å².